The molecule has 5 heteroatoms. The standard InChI is InChI=1S/C14H13ClN2O2/c15-13-11(2-1-3-12(13)16)14(19)17-10-6-4-9(8-18)5-7-10/h1-7,18H,8,16H2,(H,17,19). The van der Waals surface area contributed by atoms with Crippen molar-refractivity contribution >= 4 is 28.9 Å². The van der Waals surface area contributed by atoms with Gasteiger partial charge in [0, 0.05) is 5.69 Å². The second-order valence-electron chi connectivity index (χ2n) is 4.02. The van der Waals surface area contributed by atoms with Crippen molar-refractivity contribution in [1.82, 2.24) is 0 Å². The highest BCUT2D eigenvalue weighted by molar-refractivity contribution is 6.36. The zero-order chi connectivity index (χ0) is 13.8. The molecular formula is C14H13ClN2O2. The Kier molecular flexibility index (Phi) is 4.04. The molecule has 2 aromatic carbocycles. The van der Waals surface area contributed by atoms with Gasteiger partial charge < -0.3 is 16.2 Å². The van der Waals surface area contributed by atoms with Crippen LogP contribution in [0.15, 0.2) is 42.5 Å². The third-order valence-corrected chi connectivity index (χ3v) is 3.09. The SMILES string of the molecule is Nc1cccc(C(=O)Nc2ccc(CO)cc2)c1Cl. The lowest BCUT2D eigenvalue weighted by atomic mass is 10.1. The quantitative estimate of drug-likeness (QED) is 0.755. The molecule has 0 fully saturated rings. The molecule has 98 valence electrons. The molecule has 2 aromatic rings. The van der Waals surface area contributed by atoms with E-state index in [0.717, 1.165) is 5.56 Å². The fourth-order valence-electron chi connectivity index (χ4n) is 1.62. The van der Waals surface area contributed by atoms with Gasteiger partial charge in [-0.25, -0.2) is 0 Å². The van der Waals surface area contributed by atoms with E-state index in [4.69, 9.17) is 22.4 Å². The fourth-order valence-corrected chi connectivity index (χ4v) is 1.83. The molecule has 0 aromatic heterocycles. The summed E-state index contributed by atoms with van der Waals surface area (Å²) < 4.78 is 0. The average Bonchev–Trinajstić information content (AvgIpc) is 2.42. The first kappa shape index (κ1) is 13.4. The summed E-state index contributed by atoms with van der Waals surface area (Å²) in [5, 5.41) is 11.9. The Balaban J connectivity index is 2.18. The number of nitrogen functional groups attached to an aromatic ring is 1. The predicted molar refractivity (Wildman–Crippen MR) is 76.2 cm³/mol. The predicted octanol–water partition coefficient (Wildman–Crippen LogP) is 2.67. The van der Waals surface area contributed by atoms with Gasteiger partial charge >= 0.3 is 0 Å². The van der Waals surface area contributed by atoms with E-state index in [1.165, 1.54) is 0 Å². The Labute approximate surface area is 115 Å². The minimum Gasteiger partial charge on any atom is -0.398 e. The molecule has 0 aliphatic carbocycles. The lowest BCUT2D eigenvalue weighted by molar-refractivity contribution is 0.102. The maximum absolute atomic E-state index is 12.0. The number of halogens is 1. The highest BCUT2D eigenvalue weighted by Crippen LogP contribution is 2.24. The fraction of sp³-hybridized carbons (Fsp3) is 0.0714. The van der Waals surface area contributed by atoms with Gasteiger partial charge in [-0.15, -0.1) is 0 Å². The molecule has 0 aliphatic rings. The molecule has 0 bridgehead atoms. The molecule has 0 unspecified atom stereocenters. The molecule has 0 saturated heterocycles. The first-order valence-corrected chi connectivity index (χ1v) is 6.04. The molecule has 19 heavy (non-hydrogen) atoms. The summed E-state index contributed by atoms with van der Waals surface area (Å²) in [6.45, 7) is -0.0325. The number of aliphatic hydroxyl groups is 1. The maximum atomic E-state index is 12.0. The summed E-state index contributed by atoms with van der Waals surface area (Å²) in [7, 11) is 0. The minimum atomic E-state index is -0.325. The van der Waals surface area contributed by atoms with Crippen LogP contribution in [-0.4, -0.2) is 11.0 Å². The molecule has 0 aliphatic heterocycles. The number of benzene rings is 2. The monoisotopic (exact) mass is 276 g/mol. The molecule has 4 nitrogen and oxygen atoms in total. The Morgan fingerprint density at radius 2 is 1.89 bits per heavy atom. The van der Waals surface area contributed by atoms with Crippen LogP contribution in [0.5, 0.6) is 0 Å². The summed E-state index contributed by atoms with van der Waals surface area (Å²) >= 11 is 5.98. The summed E-state index contributed by atoms with van der Waals surface area (Å²) in [6.07, 6.45) is 0. The highest BCUT2D eigenvalue weighted by Gasteiger charge is 2.12. The number of rotatable bonds is 3. The first-order chi connectivity index (χ1) is 9.11. The third-order valence-electron chi connectivity index (χ3n) is 2.67. The van der Waals surface area contributed by atoms with Crippen LogP contribution in [-0.2, 0) is 6.61 Å². The first-order valence-electron chi connectivity index (χ1n) is 5.67. The van der Waals surface area contributed by atoms with Gasteiger partial charge in [0.05, 0.1) is 22.9 Å². The average molecular weight is 277 g/mol. The molecule has 0 radical (unpaired) electrons. The van der Waals surface area contributed by atoms with Crippen LogP contribution in [0.4, 0.5) is 11.4 Å². The molecular weight excluding hydrogens is 264 g/mol. The van der Waals surface area contributed by atoms with Gasteiger partial charge in [0.15, 0.2) is 0 Å². The summed E-state index contributed by atoms with van der Waals surface area (Å²) in [5.74, 6) is -0.325. The van der Waals surface area contributed by atoms with E-state index in [-0.39, 0.29) is 17.5 Å². The summed E-state index contributed by atoms with van der Waals surface area (Å²) in [5.41, 5.74) is 7.75. The summed E-state index contributed by atoms with van der Waals surface area (Å²) in [6, 6.07) is 11.8. The van der Waals surface area contributed by atoms with Gasteiger partial charge in [0.25, 0.3) is 5.91 Å². The van der Waals surface area contributed by atoms with Crippen molar-refractivity contribution in [3.8, 4) is 0 Å². The lowest BCUT2D eigenvalue weighted by Gasteiger charge is -2.08. The van der Waals surface area contributed by atoms with E-state index in [1.54, 1.807) is 42.5 Å². The van der Waals surface area contributed by atoms with Gasteiger partial charge in [0.2, 0.25) is 0 Å². The lowest BCUT2D eigenvalue weighted by Crippen LogP contribution is -2.13. The van der Waals surface area contributed by atoms with Crippen molar-refractivity contribution in [1.29, 1.82) is 0 Å². The van der Waals surface area contributed by atoms with E-state index in [2.05, 4.69) is 5.32 Å². The Bertz CT molecular complexity index is 597. The third kappa shape index (κ3) is 3.05. The number of carbonyl (C=O) groups excluding carboxylic acids is 1. The van der Waals surface area contributed by atoms with Gasteiger partial charge in [0.1, 0.15) is 0 Å². The van der Waals surface area contributed by atoms with Gasteiger partial charge in [-0.3, -0.25) is 4.79 Å². The number of anilines is 2. The zero-order valence-electron chi connectivity index (χ0n) is 10.1. The van der Waals surface area contributed by atoms with Crippen LogP contribution in [0.1, 0.15) is 15.9 Å². The van der Waals surface area contributed by atoms with E-state index in [1.807, 2.05) is 0 Å². The van der Waals surface area contributed by atoms with Crippen molar-refractivity contribution in [2.45, 2.75) is 6.61 Å². The Hall–Kier alpha value is -2.04. The second-order valence-corrected chi connectivity index (χ2v) is 4.40. The van der Waals surface area contributed by atoms with E-state index >= 15 is 0 Å². The molecule has 0 atom stereocenters. The van der Waals surface area contributed by atoms with Gasteiger partial charge in [-0.05, 0) is 29.8 Å². The Morgan fingerprint density at radius 3 is 2.53 bits per heavy atom. The van der Waals surface area contributed by atoms with E-state index < -0.39 is 0 Å². The number of carbonyl (C=O) groups is 1. The topological polar surface area (TPSA) is 75.4 Å². The van der Waals surface area contributed by atoms with Crippen LogP contribution in [0.2, 0.25) is 5.02 Å². The second kappa shape index (κ2) is 5.73. The van der Waals surface area contributed by atoms with Crippen LogP contribution < -0.4 is 11.1 Å². The minimum absolute atomic E-state index is 0.0325. The summed E-state index contributed by atoms with van der Waals surface area (Å²) in [4.78, 5) is 12.0. The zero-order valence-corrected chi connectivity index (χ0v) is 10.8. The van der Waals surface area contributed by atoms with Crippen LogP contribution in [0, 0.1) is 0 Å². The number of nitrogens with one attached hydrogen (secondary N) is 1. The van der Waals surface area contributed by atoms with Crippen LogP contribution >= 0.6 is 11.6 Å². The van der Waals surface area contributed by atoms with Crippen molar-refractivity contribution in [2.75, 3.05) is 11.1 Å². The molecule has 4 N–H and O–H groups in total. The van der Waals surface area contributed by atoms with Gasteiger partial charge in [-0.2, -0.15) is 0 Å². The van der Waals surface area contributed by atoms with E-state index in [9.17, 15) is 4.79 Å². The molecule has 0 saturated carbocycles. The molecule has 2 rings (SSSR count). The normalized spacial score (nSPS) is 10.2. The molecule has 1 amide bonds. The van der Waals surface area contributed by atoms with Crippen molar-refractivity contribution in [2.24, 2.45) is 0 Å². The van der Waals surface area contributed by atoms with Crippen molar-refractivity contribution in [3.63, 3.8) is 0 Å². The highest BCUT2D eigenvalue weighted by atomic mass is 35.5. The number of aliphatic hydroxyl groups excluding tert-OH is 1. The largest absolute Gasteiger partial charge is 0.398 e. The van der Waals surface area contributed by atoms with E-state index in [0.29, 0.717) is 16.9 Å². The van der Waals surface area contributed by atoms with Gasteiger partial charge in [-0.1, -0.05) is 29.8 Å². The number of amides is 1. The molecule has 0 spiro atoms. The van der Waals surface area contributed by atoms with Crippen molar-refractivity contribution in [3.05, 3.63) is 58.6 Å². The van der Waals surface area contributed by atoms with Crippen LogP contribution in [0.25, 0.3) is 0 Å². The number of nitrogens with two attached hydrogens (primary N) is 1. The molecule has 0 heterocycles. The number of hydrogen-bond acceptors (Lipinski definition) is 3. The smallest absolute Gasteiger partial charge is 0.257 e. The van der Waals surface area contributed by atoms with Crippen molar-refractivity contribution < 1.29 is 9.90 Å². The van der Waals surface area contributed by atoms with Crippen LogP contribution in [0.3, 0.4) is 0 Å². The maximum Gasteiger partial charge on any atom is 0.257 e. The Morgan fingerprint density at radius 1 is 1.21 bits per heavy atom. The number of hydrogen-bond donors (Lipinski definition) is 3.